The molecule has 2 heterocycles. The molecule has 1 saturated carbocycles. The zero-order valence-electron chi connectivity index (χ0n) is 15.3. The highest BCUT2D eigenvalue weighted by atomic mass is 32.2. The average Bonchev–Trinajstić information content (AvgIpc) is 3.39. The number of benzene rings is 1. The van der Waals surface area contributed by atoms with Crippen LogP contribution in [0.4, 0.5) is 0 Å². The molecule has 0 radical (unpaired) electrons. The van der Waals surface area contributed by atoms with Gasteiger partial charge < -0.3 is 5.32 Å². The Morgan fingerprint density at radius 1 is 1.33 bits per heavy atom. The van der Waals surface area contributed by atoms with Crippen molar-refractivity contribution in [2.24, 2.45) is 0 Å². The number of carbonyl (C=O) groups excluding carboxylic acids is 1. The summed E-state index contributed by atoms with van der Waals surface area (Å²) in [5, 5.41) is 16.7. The van der Waals surface area contributed by atoms with E-state index in [-0.39, 0.29) is 5.91 Å². The molecule has 1 aliphatic carbocycles. The van der Waals surface area contributed by atoms with Crippen LogP contribution < -0.4 is 5.32 Å². The Bertz CT molecular complexity index is 952. The highest BCUT2D eigenvalue weighted by Gasteiger charge is 2.25. The first-order valence-corrected chi connectivity index (χ1v) is 10.3. The van der Waals surface area contributed by atoms with E-state index in [0.29, 0.717) is 17.4 Å². The van der Waals surface area contributed by atoms with Gasteiger partial charge in [-0.2, -0.15) is 0 Å². The van der Waals surface area contributed by atoms with Gasteiger partial charge in [0.2, 0.25) is 0 Å². The Balaban J connectivity index is 1.56. The molecule has 7 nitrogen and oxygen atoms in total. The van der Waals surface area contributed by atoms with E-state index in [4.69, 9.17) is 4.98 Å². The maximum atomic E-state index is 12.7. The molecule has 3 aromatic rings. The highest BCUT2D eigenvalue weighted by molar-refractivity contribution is 7.98. The van der Waals surface area contributed by atoms with E-state index in [0.717, 1.165) is 54.0 Å². The minimum Gasteiger partial charge on any atom is -0.349 e. The summed E-state index contributed by atoms with van der Waals surface area (Å²) in [6, 6.07) is 9.97. The Labute approximate surface area is 161 Å². The van der Waals surface area contributed by atoms with E-state index in [1.165, 1.54) is 0 Å². The van der Waals surface area contributed by atoms with Crippen LogP contribution in [0.3, 0.4) is 0 Å². The van der Waals surface area contributed by atoms with Crippen LogP contribution in [-0.2, 0) is 12.3 Å². The van der Waals surface area contributed by atoms with Crippen molar-refractivity contribution in [3.8, 4) is 0 Å². The molecule has 2 aromatic heterocycles. The molecule has 140 valence electrons. The van der Waals surface area contributed by atoms with Gasteiger partial charge in [0.1, 0.15) is 0 Å². The minimum atomic E-state index is -0.0225. The van der Waals surface area contributed by atoms with Crippen LogP contribution in [0.5, 0.6) is 0 Å². The molecule has 1 N–H and O–H groups in total. The third-order valence-electron chi connectivity index (χ3n) is 4.53. The number of pyridine rings is 1. The molecule has 0 unspecified atom stereocenters. The lowest BCUT2D eigenvalue weighted by Crippen LogP contribution is -2.25. The van der Waals surface area contributed by atoms with Crippen LogP contribution >= 0.6 is 11.8 Å². The lowest BCUT2D eigenvalue weighted by atomic mass is 10.1. The molecule has 0 bridgehead atoms. The first kappa shape index (κ1) is 17.9. The van der Waals surface area contributed by atoms with Crippen molar-refractivity contribution >= 4 is 28.6 Å². The number of tetrazole rings is 1. The summed E-state index contributed by atoms with van der Waals surface area (Å²) in [7, 11) is 0. The van der Waals surface area contributed by atoms with E-state index in [9.17, 15) is 4.79 Å². The van der Waals surface area contributed by atoms with Crippen molar-refractivity contribution in [2.45, 2.75) is 56.0 Å². The second-order valence-corrected chi connectivity index (χ2v) is 7.73. The fraction of sp³-hybridized carbons (Fsp3) is 0.421. The number of hydrogen-bond acceptors (Lipinski definition) is 6. The number of thioether (sulfide) groups is 1. The van der Waals surface area contributed by atoms with Gasteiger partial charge in [0.15, 0.2) is 5.82 Å². The highest BCUT2D eigenvalue weighted by Crippen LogP contribution is 2.27. The molecule has 27 heavy (non-hydrogen) atoms. The number of nitrogens with one attached hydrogen (secondary N) is 1. The van der Waals surface area contributed by atoms with Gasteiger partial charge in [0.25, 0.3) is 5.91 Å². The van der Waals surface area contributed by atoms with Gasteiger partial charge in [-0.25, -0.2) is 9.67 Å². The number of aromatic nitrogens is 5. The van der Waals surface area contributed by atoms with Gasteiger partial charge in [-0.1, -0.05) is 43.3 Å². The molecule has 1 fully saturated rings. The van der Waals surface area contributed by atoms with Gasteiger partial charge in [-0.15, -0.1) is 5.10 Å². The molecule has 1 amide bonds. The Kier molecular flexibility index (Phi) is 5.33. The predicted molar refractivity (Wildman–Crippen MR) is 105 cm³/mol. The minimum absolute atomic E-state index is 0.0225. The Morgan fingerprint density at radius 3 is 3.00 bits per heavy atom. The zero-order valence-corrected chi connectivity index (χ0v) is 16.1. The number of nitrogens with zero attached hydrogens (tertiary/aromatic N) is 5. The fourth-order valence-electron chi connectivity index (χ4n) is 2.85. The van der Waals surface area contributed by atoms with Gasteiger partial charge in [0.05, 0.1) is 21.9 Å². The number of para-hydroxylation sites is 1. The molecule has 8 heteroatoms. The van der Waals surface area contributed by atoms with Gasteiger partial charge in [0, 0.05) is 18.0 Å². The summed E-state index contributed by atoms with van der Waals surface area (Å²) in [6.07, 6.45) is 4.27. The zero-order chi connectivity index (χ0) is 18.6. The number of unbranched alkanes of at least 4 members (excludes halogenated alkanes) is 1. The molecule has 1 aromatic carbocycles. The van der Waals surface area contributed by atoms with Gasteiger partial charge in [-0.05, 0) is 41.8 Å². The van der Waals surface area contributed by atoms with Crippen LogP contribution in [0.1, 0.15) is 48.8 Å². The van der Waals surface area contributed by atoms with E-state index in [1.807, 2.05) is 35.0 Å². The van der Waals surface area contributed by atoms with Crippen LogP contribution in [0.15, 0.2) is 35.4 Å². The third-order valence-corrected chi connectivity index (χ3v) is 5.44. The number of carbonyl (C=O) groups is 1. The molecule has 1 aliphatic rings. The van der Waals surface area contributed by atoms with E-state index in [1.54, 1.807) is 11.8 Å². The van der Waals surface area contributed by atoms with Crippen molar-refractivity contribution in [1.82, 2.24) is 30.5 Å². The van der Waals surface area contributed by atoms with Gasteiger partial charge >= 0.3 is 0 Å². The standard InChI is InChI=1S/C19H22N6OS/c1-2-3-10-25-17(22-23-24-25)12-27-18-11-15(19(26)20-13-8-9-13)14-6-4-5-7-16(14)21-18/h4-7,11,13H,2-3,8-10,12H2,1H3,(H,20,26). The maximum Gasteiger partial charge on any atom is 0.252 e. The molecule has 0 atom stereocenters. The van der Waals surface area contributed by atoms with Crippen LogP contribution in [0.2, 0.25) is 0 Å². The average molecular weight is 382 g/mol. The molecular formula is C19H22N6OS. The van der Waals surface area contributed by atoms with Crippen molar-refractivity contribution in [3.05, 3.63) is 41.7 Å². The molecule has 4 rings (SSSR count). The predicted octanol–water partition coefficient (Wildman–Crippen LogP) is 3.21. The Morgan fingerprint density at radius 2 is 2.19 bits per heavy atom. The topological polar surface area (TPSA) is 85.6 Å². The van der Waals surface area contributed by atoms with Crippen molar-refractivity contribution < 1.29 is 4.79 Å². The molecule has 0 aliphatic heterocycles. The molecule has 0 saturated heterocycles. The number of rotatable bonds is 8. The largest absolute Gasteiger partial charge is 0.349 e. The Hall–Kier alpha value is -2.48. The van der Waals surface area contributed by atoms with E-state index >= 15 is 0 Å². The monoisotopic (exact) mass is 382 g/mol. The number of fused-ring (bicyclic) bond motifs is 1. The summed E-state index contributed by atoms with van der Waals surface area (Å²) in [6.45, 7) is 2.96. The second kappa shape index (κ2) is 8.04. The number of aryl methyl sites for hydroxylation is 1. The van der Waals surface area contributed by atoms with Crippen molar-refractivity contribution in [1.29, 1.82) is 0 Å². The normalized spacial score (nSPS) is 13.8. The third kappa shape index (κ3) is 4.27. The maximum absolute atomic E-state index is 12.7. The lowest BCUT2D eigenvalue weighted by Gasteiger charge is -2.10. The summed E-state index contributed by atoms with van der Waals surface area (Å²) >= 11 is 1.55. The van der Waals surface area contributed by atoms with Gasteiger partial charge in [-0.3, -0.25) is 4.79 Å². The van der Waals surface area contributed by atoms with E-state index in [2.05, 4.69) is 27.8 Å². The smallest absolute Gasteiger partial charge is 0.252 e. The lowest BCUT2D eigenvalue weighted by molar-refractivity contribution is 0.0952. The first-order chi connectivity index (χ1) is 13.2. The van der Waals surface area contributed by atoms with Crippen molar-refractivity contribution in [2.75, 3.05) is 0 Å². The SMILES string of the molecule is CCCCn1nnnc1CSc1cc(C(=O)NC2CC2)c2ccccc2n1. The summed E-state index contributed by atoms with van der Waals surface area (Å²) in [5.74, 6) is 1.42. The fourth-order valence-corrected chi connectivity index (χ4v) is 3.70. The summed E-state index contributed by atoms with van der Waals surface area (Å²) in [5.41, 5.74) is 1.51. The van der Waals surface area contributed by atoms with Crippen LogP contribution in [-0.4, -0.2) is 37.1 Å². The van der Waals surface area contributed by atoms with E-state index < -0.39 is 0 Å². The summed E-state index contributed by atoms with van der Waals surface area (Å²) in [4.78, 5) is 17.4. The summed E-state index contributed by atoms with van der Waals surface area (Å²) < 4.78 is 1.85. The number of amides is 1. The second-order valence-electron chi connectivity index (χ2n) is 6.73. The number of hydrogen-bond donors (Lipinski definition) is 1. The first-order valence-electron chi connectivity index (χ1n) is 9.33. The quantitative estimate of drug-likeness (QED) is 0.602. The molecule has 0 spiro atoms. The van der Waals surface area contributed by atoms with Crippen LogP contribution in [0.25, 0.3) is 10.9 Å². The van der Waals surface area contributed by atoms with Crippen LogP contribution in [0, 0.1) is 0 Å². The molecular weight excluding hydrogens is 360 g/mol. The van der Waals surface area contributed by atoms with Crippen molar-refractivity contribution in [3.63, 3.8) is 0 Å².